The fourth-order valence-corrected chi connectivity index (χ4v) is 3.70. The lowest BCUT2D eigenvalue weighted by Gasteiger charge is -2.33. The van der Waals surface area contributed by atoms with Crippen molar-refractivity contribution in [3.63, 3.8) is 0 Å². The summed E-state index contributed by atoms with van der Waals surface area (Å²) in [4.78, 5) is 14.4. The number of anilines is 1. The average molecular weight is 365 g/mol. The molecule has 1 aliphatic heterocycles. The second kappa shape index (κ2) is 7.22. The highest BCUT2D eigenvalue weighted by Crippen LogP contribution is 2.40. The summed E-state index contributed by atoms with van der Waals surface area (Å²) in [7, 11) is 0. The molecule has 0 bridgehead atoms. The Hall–Kier alpha value is -2.56. The Kier molecular flexibility index (Phi) is 4.77. The van der Waals surface area contributed by atoms with Crippen molar-refractivity contribution in [2.75, 3.05) is 18.4 Å². The van der Waals surface area contributed by atoms with Gasteiger partial charge in [0.25, 0.3) is 0 Å². The minimum atomic E-state index is -0.104. The molecule has 1 saturated carbocycles. The molecule has 2 amide bonds. The van der Waals surface area contributed by atoms with Crippen molar-refractivity contribution < 1.29 is 9.32 Å². The number of aromatic nitrogens is 1. The fraction of sp³-hybridized carbons (Fsp3) is 0.455. The largest absolute Gasteiger partial charge is 0.359 e. The molecule has 4 rings (SSSR count). The van der Waals surface area contributed by atoms with E-state index in [2.05, 4.69) is 47.7 Å². The number of nitrogens with zero attached hydrogens (tertiary/aromatic N) is 2. The number of carbonyl (C=O) groups is 1. The second-order valence-corrected chi connectivity index (χ2v) is 7.90. The summed E-state index contributed by atoms with van der Waals surface area (Å²) >= 11 is 0. The van der Waals surface area contributed by atoms with Gasteiger partial charge in [0.1, 0.15) is 5.76 Å². The molecule has 1 N–H and O–H groups in total. The molecule has 2 fully saturated rings. The molecule has 1 aromatic carbocycles. The lowest BCUT2D eigenvalue weighted by atomic mass is 9.91. The molecular formula is C22H27N3O2. The van der Waals surface area contributed by atoms with E-state index in [9.17, 15) is 4.79 Å². The first-order valence-electron chi connectivity index (χ1n) is 9.80. The maximum Gasteiger partial charge on any atom is 0.323 e. The molecule has 1 atom stereocenters. The molecule has 27 heavy (non-hydrogen) atoms. The normalized spacial score (nSPS) is 21.5. The smallest absolute Gasteiger partial charge is 0.323 e. The number of piperidine rings is 1. The van der Waals surface area contributed by atoms with Gasteiger partial charge in [0.15, 0.2) is 5.82 Å². The number of urea groups is 1. The van der Waals surface area contributed by atoms with Gasteiger partial charge in [-0.05, 0) is 56.1 Å². The average Bonchev–Trinajstić information content (AvgIpc) is 3.46. The predicted octanol–water partition coefficient (Wildman–Crippen LogP) is 5.13. The minimum absolute atomic E-state index is 0.104. The standard InChI is InChI=1S/C22H27N3O2/c1-14-13-25(22(26)23-21-15(2)16(3)27-24-21)10-9-19(14)11-17-5-4-6-20(12-17)18-7-8-18/h4-6,11-12,14,18H,7-10,13H2,1-3H3,(H,23,24,26). The number of hydrogen-bond donors (Lipinski definition) is 1. The number of amides is 2. The van der Waals surface area contributed by atoms with Crippen molar-refractivity contribution in [2.45, 2.75) is 46.0 Å². The van der Waals surface area contributed by atoms with Gasteiger partial charge in [-0.25, -0.2) is 4.79 Å². The van der Waals surface area contributed by atoms with Gasteiger partial charge in [0.05, 0.1) is 0 Å². The van der Waals surface area contributed by atoms with Gasteiger partial charge in [-0.15, -0.1) is 0 Å². The van der Waals surface area contributed by atoms with Crippen LogP contribution in [-0.4, -0.2) is 29.2 Å². The van der Waals surface area contributed by atoms with E-state index in [1.165, 1.54) is 29.5 Å². The Morgan fingerprint density at radius 3 is 2.81 bits per heavy atom. The molecule has 5 nitrogen and oxygen atoms in total. The predicted molar refractivity (Wildman–Crippen MR) is 107 cm³/mol. The molecule has 1 unspecified atom stereocenters. The Morgan fingerprint density at radius 2 is 2.15 bits per heavy atom. The van der Waals surface area contributed by atoms with Gasteiger partial charge < -0.3 is 9.42 Å². The summed E-state index contributed by atoms with van der Waals surface area (Å²) in [6.07, 6.45) is 5.87. The first-order valence-corrected chi connectivity index (χ1v) is 9.80. The molecule has 142 valence electrons. The second-order valence-electron chi connectivity index (χ2n) is 7.90. The molecular weight excluding hydrogens is 338 g/mol. The van der Waals surface area contributed by atoms with Crippen molar-refractivity contribution in [1.82, 2.24) is 10.1 Å². The molecule has 1 aliphatic carbocycles. The van der Waals surface area contributed by atoms with Crippen LogP contribution in [0.3, 0.4) is 0 Å². The Bertz CT molecular complexity index is 879. The van der Waals surface area contributed by atoms with Gasteiger partial charge in [0, 0.05) is 18.7 Å². The monoisotopic (exact) mass is 365 g/mol. The van der Waals surface area contributed by atoms with Gasteiger partial charge in [-0.2, -0.15) is 0 Å². The maximum absolute atomic E-state index is 12.6. The molecule has 5 heteroatoms. The van der Waals surface area contributed by atoms with E-state index in [1.54, 1.807) is 0 Å². The first kappa shape index (κ1) is 17.8. The van der Waals surface area contributed by atoms with E-state index < -0.39 is 0 Å². The Balaban J connectivity index is 1.40. The fourth-order valence-electron chi connectivity index (χ4n) is 3.70. The van der Waals surface area contributed by atoms with Gasteiger partial charge >= 0.3 is 6.03 Å². The third-order valence-electron chi connectivity index (χ3n) is 5.78. The van der Waals surface area contributed by atoms with Gasteiger partial charge in [-0.3, -0.25) is 5.32 Å². The summed E-state index contributed by atoms with van der Waals surface area (Å²) in [6, 6.07) is 8.80. The molecule has 0 radical (unpaired) electrons. The van der Waals surface area contributed by atoms with Crippen molar-refractivity contribution >= 4 is 17.9 Å². The summed E-state index contributed by atoms with van der Waals surface area (Å²) < 4.78 is 5.13. The van der Waals surface area contributed by atoms with E-state index in [-0.39, 0.29) is 6.03 Å². The molecule has 2 aromatic rings. The first-order chi connectivity index (χ1) is 13.0. The van der Waals surface area contributed by atoms with Crippen LogP contribution >= 0.6 is 0 Å². The number of hydrogen-bond acceptors (Lipinski definition) is 3. The number of benzene rings is 1. The highest BCUT2D eigenvalue weighted by molar-refractivity contribution is 5.89. The summed E-state index contributed by atoms with van der Waals surface area (Å²) in [5.74, 6) is 2.36. The van der Waals surface area contributed by atoms with Crippen LogP contribution in [0.5, 0.6) is 0 Å². The van der Waals surface area contributed by atoms with Gasteiger partial charge in [0.2, 0.25) is 0 Å². The van der Waals surface area contributed by atoms with Crippen molar-refractivity contribution in [3.8, 4) is 0 Å². The molecule has 2 aliphatic rings. The van der Waals surface area contributed by atoms with Crippen LogP contribution in [0.15, 0.2) is 34.4 Å². The third kappa shape index (κ3) is 3.92. The van der Waals surface area contributed by atoms with Crippen molar-refractivity contribution in [3.05, 3.63) is 52.3 Å². The number of carbonyl (C=O) groups excluding carboxylic acids is 1. The number of rotatable bonds is 3. The van der Waals surface area contributed by atoms with Crippen molar-refractivity contribution in [1.29, 1.82) is 0 Å². The summed E-state index contributed by atoms with van der Waals surface area (Å²) in [6.45, 7) is 7.38. The van der Waals surface area contributed by atoms with Crippen molar-refractivity contribution in [2.24, 2.45) is 5.92 Å². The van der Waals surface area contributed by atoms with Crippen LogP contribution < -0.4 is 5.32 Å². The number of likely N-dealkylation sites (tertiary alicyclic amines) is 1. The van der Waals surface area contributed by atoms with Crippen LogP contribution in [-0.2, 0) is 0 Å². The SMILES string of the molecule is Cc1onc(NC(=O)N2CCC(=Cc3cccc(C4CC4)c3)C(C)C2)c1C. The van der Waals surface area contributed by atoms with E-state index in [0.717, 1.165) is 36.8 Å². The number of nitrogens with one attached hydrogen (secondary N) is 1. The Labute approximate surface area is 160 Å². The Morgan fingerprint density at radius 1 is 1.33 bits per heavy atom. The van der Waals surface area contributed by atoms with E-state index >= 15 is 0 Å². The van der Waals surface area contributed by atoms with Crippen LogP contribution in [0.1, 0.15) is 54.6 Å². The van der Waals surface area contributed by atoms with Crippen LogP contribution in [0.25, 0.3) is 6.08 Å². The quantitative estimate of drug-likeness (QED) is 0.821. The summed E-state index contributed by atoms with van der Waals surface area (Å²) in [5, 5.41) is 6.80. The van der Waals surface area contributed by atoms with Crippen LogP contribution in [0, 0.1) is 19.8 Å². The van der Waals surface area contributed by atoms with Gasteiger partial charge in [-0.1, -0.05) is 48.0 Å². The zero-order valence-corrected chi connectivity index (χ0v) is 16.3. The zero-order chi connectivity index (χ0) is 19.0. The highest BCUT2D eigenvalue weighted by Gasteiger charge is 2.26. The highest BCUT2D eigenvalue weighted by atomic mass is 16.5. The van der Waals surface area contributed by atoms with Crippen LogP contribution in [0.2, 0.25) is 0 Å². The lowest BCUT2D eigenvalue weighted by molar-refractivity contribution is 0.197. The number of aryl methyl sites for hydroxylation is 1. The third-order valence-corrected chi connectivity index (χ3v) is 5.78. The maximum atomic E-state index is 12.6. The van der Waals surface area contributed by atoms with E-state index in [4.69, 9.17) is 4.52 Å². The van der Waals surface area contributed by atoms with E-state index in [1.807, 2.05) is 18.7 Å². The van der Waals surface area contributed by atoms with Crippen LogP contribution in [0.4, 0.5) is 10.6 Å². The topological polar surface area (TPSA) is 58.4 Å². The summed E-state index contributed by atoms with van der Waals surface area (Å²) in [5.41, 5.74) is 5.05. The lowest BCUT2D eigenvalue weighted by Crippen LogP contribution is -2.42. The zero-order valence-electron chi connectivity index (χ0n) is 16.3. The minimum Gasteiger partial charge on any atom is -0.359 e. The molecule has 0 spiro atoms. The molecule has 2 heterocycles. The van der Waals surface area contributed by atoms with E-state index in [0.29, 0.717) is 11.7 Å². The molecule has 1 saturated heterocycles. The molecule has 1 aromatic heterocycles.